The third-order valence-electron chi connectivity index (χ3n) is 5.35. The number of nitrogens with one attached hydrogen (secondary N) is 3. The maximum absolute atomic E-state index is 12.9. The molecule has 3 N–H and O–H groups in total. The van der Waals surface area contributed by atoms with Gasteiger partial charge in [0, 0.05) is 29.7 Å². The second-order valence-corrected chi connectivity index (χ2v) is 9.67. The molecule has 31 heavy (non-hydrogen) atoms. The lowest BCUT2D eigenvalue weighted by atomic mass is 9.79. The number of rotatable bonds is 5. The predicted octanol–water partition coefficient (Wildman–Crippen LogP) is 5.08. The van der Waals surface area contributed by atoms with Crippen LogP contribution in [0.25, 0.3) is 0 Å². The van der Waals surface area contributed by atoms with Crippen molar-refractivity contribution in [2.45, 2.75) is 57.7 Å². The highest BCUT2D eigenvalue weighted by Crippen LogP contribution is 2.34. The number of amides is 1. The minimum absolute atomic E-state index is 0.0601. The number of carbonyl (C=O) groups excluding carboxylic acids is 1. The molecule has 7 heteroatoms. The van der Waals surface area contributed by atoms with Gasteiger partial charge in [-0.15, -0.1) is 0 Å². The summed E-state index contributed by atoms with van der Waals surface area (Å²) in [5, 5.41) is 19.5. The molecule has 1 saturated heterocycles. The summed E-state index contributed by atoms with van der Waals surface area (Å²) in [6.07, 6.45) is 1.69. The highest BCUT2D eigenvalue weighted by Gasteiger charge is 2.38. The van der Waals surface area contributed by atoms with Crippen LogP contribution < -0.4 is 20.7 Å². The Morgan fingerprint density at radius 1 is 1.16 bits per heavy atom. The van der Waals surface area contributed by atoms with Crippen molar-refractivity contribution in [3.63, 3.8) is 0 Å². The molecule has 1 fully saturated rings. The van der Waals surface area contributed by atoms with Crippen molar-refractivity contribution in [3.05, 3.63) is 52.5 Å². The zero-order valence-corrected chi connectivity index (χ0v) is 19.4. The van der Waals surface area contributed by atoms with E-state index < -0.39 is 0 Å². The molecule has 6 nitrogen and oxygen atoms in total. The van der Waals surface area contributed by atoms with Crippen LogP contribution in [0.5, 0.6) is 11.5 Å². The van der Waals surface area contributed by atoms with Gasteiger partial charge in [-0.3, -0.25) is 4.79 Å². The van der Waals surface area contributed by atoms with Crippen molar-refractivity contribution in [2.24, 2.45) is 0 Å². The van der Waals surface area contributed by atoms with Crippen molar-refractivity contribution >= 4 is 23.2 Å². The summed E-state index contributed by atoms with van der Waals surface area (Å²) < 4.78 is 5.88. The minimum Gasteiger partial charge on any atom is -0.454 e. The topological polar surface area (TPSA) is 86.2 Å². The van der Waals surface area contributed by atoms with E-state index in [4.69, 9.17) is 16.3 Å². The molecule has 3 rings (SSSR count). The van der Waals surface area contributed by atoms with Gasteiger partial charge in [0.05, 0.1) is 10.7 Å². The van der Waals surface area contributed by atoms with Crippen LogP contribution in [0.3, 0.4) is 0 Å². The third-order valence-corrected chi connectivity index (χ3v) is 5.64. The summed E-state index contributed by atoms with van der Waals surface area (Å²) in [5.41, 5.74) is 1.40. The Morgan fingerprint density at radius 3 is 2.42 bits per heavy atom. The van der Waals surface area contributed by atoms with E-state index in [9.17, 15) is 10.1 Å². The zero-order valence-electron chi connectivity index (χ0n) is 18.6. The number of hydrogen-bond acceptors (Lipinski definition) is 5. The van der Waals surface area contributed by atoms with Gasteiger partial charge in [-0.05, 0) is 70.9 Å². The van der Waals surface area contributed by atoms with Gasteiger partial charge in [-0.25, -0.2) is 0 Å². The smallest absolute Gasteiger partial charge is 0.251 e. The fraction of sp³-hybridized carbons (Fsp3) is 0.417. The first-order valence-electron chi connectivity index (χ1n) is 10.3. The van der Waals surface area contributed by atoms with Gasteiger partial charge in [0.2, 0.25) is 0 Å². The first kappa shape index (κ1) is 22.9. The molecule has 0 aromatic heterocycles. The molecule has 0 saturated carbocycles. The van der Waals surface area contributed by atoms with Gasteiger partial charge in [0.15, 0.2) is 0 Å². The summed E-state index contributed by atoms with van der Waals surface area (Å²) in [6.45, 7) is 8.59. The van der Waals surface area contributed by atoms with E-state index in [1.807, 2.05) is 0 Å². The lowest BCUT2D eigenvalue weighted by molar-refractivity contribution is 0.0873. The summed E-state index contributed by atoms with van der Waals surface area (Å²) in [4.78, 5) is 12.9. The number of carbonyl (C=O) groups is 1. The van der Waals surface area contributed by atoms with E-state index in [1.165, 1.54) is 0 Å². The molecule has 164 valence electrons. The Bertz CT molecular complexity index is 1010. The van der Waals surface area contributed by atoms with Gasteiger partial charge in [-0.1, -0.05) is 17.7 Å². The molecule has 1 heterocycles. The van der Waals surface area contributed by atoms with Crippen LogP contribution in [0.2, 0.25) is 5.02 Å². The molecule has 0 aliphatic carbocycles. The Balaban J connectivity index is 1.75. The monoisotopic (exact) mass is 440 g/mol. The van der Waals surface area contributed by atoms with Crippen LogP contribution in [0, 0.1) is 11.3 Å². The van der Waals surface area contributed by atoms with Crippen LogP contribution in [-0.4, -0.2) is 30.1 Å². The van der Waals surface area contributed by atoms with Gasteiger partial charge in [0.1, 0.15) is 23.1 Å². The molecule has 1 aliphatic rings. The zero-order chi connectivity index (χ0) is 22.8. The van der Waals surface area contributed by atoms with Crippen LogP contribution in [0.15, 0.2) is 36.4 Å². The predicted molar refractivity (Wildman–Crippen MR) is 124 cm³/mol. The standard InChI is InChI=1S/C24H29ClN4O2/c1-23(2)12-16(13-24(3,4)29-23)28-22(30)15-9-10-21(18(25)11-15)31-20-8-6-7-19(27-5)17(20)14-26/h6-11,16,27,29H,12-13H2,1-5H3,(H,28,30). The fourth-order valence-electron chi connectivity index (χ4n) is 4.48. The molecule has 2 aromatic rings. The SMILES string of the molecule is CNc1cccc(Oc2ccc(C(=O)NC3CC(C)(C)NC(C)(C)C3)cc2Cl)c1C#N. The van der Waals surface area contributed by atoms with Crippen LogP contribution in [-0.2, 0) is 0 Å². The van der Waals surface area contributed by atoms with Gasteiger partial charge < -0.3 is 20.7 Å². The highest BCUT2D eigenvalue weighted by atomic mass is 35.5. The highest BCUT2D eigenvalue weighted by molar-refractivity contribution is 6.32. The molecule has 0 radical (unpaired) electrons. The molecule has 0 unspecified atom stereocenters. The fourth-order valence-corrected chi connectivity index (χ4v) is 4.70. The first-order chi connectivity index (χ1) is 14.5. The third kappa shape index (κ3) is 5.49. The van der Waals surface area contributed by atoms with E-state index in [0.717, 1.165) is 12.8 Å². The number of benzene rings is 2. The van der Waals surface area contributed by atoms with Crippen molar-refractivity contribution < 1.29 is 9.53 Å². The number of halogens is 1. The Kier molecular flexibility index (Phi) is 6.49. The summed E-state index contributed by atoms with van der Waals surface area (Å²) >= 11 is 6.41. The number of hydrogen-bond donors (Lipinski definition) is 3. The molecule has 0 spiro atoms. The lowest BCUT2D eigenvalue weighted by Gasteiger charge is -2.46. The molecule has 1 amide bonds. The summed E-state index contributed by atoms with van der Waals surface area (Å²) in [6, 6.07) is 12.4. The quantitative estimate of drug-likeness (QED) is 0.603. The van der Waals surface area contributed by atoms with E-state index >= 15 is 0 Å². The average molecular weight is 441 g/mol. The number of ether oxygens (including phenoxy) is 1. The molecular weight excluding hydrogens is 412 g/mol. The Labute approximate surface area is 188 Å². The normalized spacial score (nSPS) is 17.5. The summed E-state index contributed by atoms with van der Waals surface area (Å²) in [5.74, 6) is 0.613. The van der Waals surface area contributed by atoms with Gasteiger partial charge >= 0.3 is 0 Å². The molecule has 0 bridgehead atoms. The van der Waals surface area contributed by atoms with Gasteiger partial charge in [0.25, 0.3) is 5.91 Å². The second-order valence-electron chi connectivity index (χ2n) is 9.26. The van der Waals surface area contributed by atoms with Crippen molar-refractivity contribution in [3.8, 4) is 17.6 Å². The molecular formula is C24H29ClN4O2. The first-order valence-corrected chi connectivity index (χ1v) is 10.7. The van der Waals surface area contributed by atoms with Gasteiger partial charge in [-0.2, -0.15) is 5.26 Å². The lowest BCUT2D eigenvalue weighted by Crippen LogP contribution is -2.62. The van der Waals surface area contributed by atoms with E-state index in [-0.39, 0.29) is 23.0 Å². The molecule has 0 atom stereocenters. The average Bonchev–Trinajstić information content (AvgIpc) is 2.66. The van der Waals surface area contributed by atoms with Crippen molar-refractivity contribution in [1.82, 2.24) is 10.6 Å². The van der Waals surface area contributed by atoms with Crippen molar-refractivity contribution in [2.75, 3.05) is 12.4 Å². The number of anilines is 1. The van der Waals surface area contributed by atoms with Crippen LogP contribution in [0.4, 0.5) is 5.69 Å². The number of piperidine rings is 1. The maximum Gasteiger partial charge on any atom is 0.251 e. The molecule has 2 aromatic carbocycles. The molecule has 1 aliphatic heterocycles. The number of nitriles is 1. The van der Waals surface area contributed by atoms with E-state index in [0.29, 0.717) is 33.3 Å². The number of nitrogens with zero attached hydrogens (tertiary/aromatic N) is 1. The minimum atomic E-state index is -0.165. The largest absolute Gasteiger partial charge is 0.454 e. The van der Waals surface area contributed by atoms with Crippen LogP contribution >= 0.6 is 11.6 Å². The van der Waals surface area contributed by atoms with E-state index in [2.05, 4.69) is 49.7 Å². The maximum atomic E-state index is 12.9. The van der Waals surface area contributed by atoms with Crippen molar-refractivity contribution in [1.29, 1.82) is 5.26 Å². The van der Waals surface area contributed by atoms with E-state index in [1.54, 1.807) is 43.4 Å². The second kappa shape index (κ2) is 8.78. The Morgan fingerprint density at radius 2 is 1.84 bits per heavy atom. The Hall–Kier alpha value is -2.75. The summed E-state index contributed by atoms with van der Waals surface area (Å²) in [7, 11) is 1.74. The van der Waals surface area contributed by atoms with Crippen LogP contribution in [0.1, 0.15) is 56.5 Å².